The van der Waals surface area contributed by atoms with Crippen molar-refractivity contribution in [2.75, 3.05) is 20.3 Å². The van der Waals surface area contributed by atoms with Crippen molar-refractivity contribution in [3.63, 3.8) is 0 Å². The monoisotopic (exact) mass is 238 g/mol. The second kappa shape index (κ2) is 7.01. The molecule has 0 aliphatic carbocycles. The summed E-state index contributed by atoms with van der Waals surface area (Å²) in [5, 5.41) is 11.6. The Morgan fingerprint density at radius 3 is 2.65 bits per heavy atom. The Morgan fingerprint density at radius 1 is 1.47 bits per heavy atom. The molecular weight excluding hydrogens is 220 g/mol. The Hall–Kier alpha value is -1.43. The highest BCUT2D eigenvalue weighted by atomic mass is 16.5. The minimum atomic E-state index is -0.734. The number of carbonyl (C=O) groups excluding carboxylic acids is 1. The fourth-order valence-electron chi connectivity index (χ4n) is 1.44. The van der Waals surface area contributed by atoms with Gasteiger partial charge in [0.2, 0.25) is 5.91 Å². The number of benzene rings is 1. The zero-order chi connectivity index (χ0) is 12.7. The molecule has 1 aromatic rings. The predicted molar refractivity (Wildman–Crippen MR) is 64.3 cm³/mol. The lowest BCUT2D eigenvalue weighted by Crippen LogP contribution is -2.44. The maximum Gasteiger partial charge on any atom is 0.241 e. The molecule has 1 amide bonds. The molecule has 5 nitrogen and oxygen atoms in total. The summed E-state index contributed by atoms with van der Waals surface area (Å²) in [5.74, 6) is -0.327. The Balaban J connectivity index is 2.58. The molecule has 2 atom stereocenters. The maximum absolute atomic E-state index is 11.8. The normalized spacial score (nSPS) is 14.1. The number of nitrogens with two attached hydrogens (primary N) is 1. The van der Waals surface area contributed by atoms with Crippen LogP contribution in [0.5, 0.6) is 0 Å². The Labute approximate surface area is 101 Å². The lowest BCUT2D eigenvalue weighted by Gasteiger charge is -2.18. The number of carbonyl (C=O) groups is 1. The molecule has 5 heteroatoms. The third-order valence-corrected chi connectivity index (χ3v) is 2.38. The Morgan fingerprint density at radius 2 is 2.12 bits per heavy atom. The first-order valence-corrected chi connectivity index (χ1v) is 5.39. The van der Waals surface area contributed by atoms with Gasteiger partial charge in [-0.05, 0) is 5.56 Å². The average Bonchev–Trinajstić information content (AvgIpc) is 2.38. The summed E-state index contributed by atoms with van der Waals surface area (Å²) in [7, 11) is 1.51. The van der Waals surface area contributed by atoms with Crippen LogP contribution in [-0.4, -0.2) is 37.4 Å². The number of rotatable bonds is 6. The van der Waals surface area contributed by atoms with Crippen molar-refractivity contribution in [1.82, 2.24) is 5.32 Å². The number of hydrogen-bond acceptors (Lipinski definition) is 4. The summed E-state index contributed by atoms with van der Waals surface area (Å²) in [5.41, 5.74) is 6.54. The summed E-state index contributed by atoms with van der Waals surface area (Å²) < 4.78 is 4.87. The van der Waals surface area contributed by atoms with Crippen molar-refractivity contribution in [3.05, 3.63) is 35.9 Å². The molecule has 0 spiro atoms. The highest BCUT2D eigenvalue weighted by Gasteiger charge is 2.18. The summed E-state index contributed by atoms with van der Waals surface area (Å²) in [6.07, 6.45) is 0. The van der Waals surface area contributed by atoms with Crippen LogP contribution in [0.2, 0.25) is 0 Å². The van der Waals surface area contributed by atoms with Crippen LogP contribution in [0.3, 0.4) is 0 Å². The number of methoxy groups -OCH3 is 1. The van der Waals surface area contributed by atoms with E-state index in [-0.39, 0.29) is 19.1 Å². The topological polar surface area (TPSA) is 84.6 Å². The van der Waals surface area contributed by atoms with Crippen molar-refractivity contribution in [1.29, 1.82) is 0 Å². The SMILES string of the molecule is COCC(CO)NC(=O)C(N)c1ccccc1. The molecule has 1 aromatic carbocycles. The van der Waals surface area contributed by atoms with Crippen LogP contribution in [0.15, 0.2) is 30.3 Å². The predicted octanol–water partition coefficient (Wildman–Crippen LogP) is -0.190. The lowest BCUT2D eigenvalue weighted by atomic mass is 10.1. The molecule has 0 aliphatic rings. The van der Waals surface area contributed by atoms with Gasteiger partial charge >= 0.3 is 0 Å². The summed E-state index contributed by atoms with van der Waals surface area (Å²) in [6.45, 7) is 0.0742. The lowest BCUT2D eigenvalue weighted by molar-refractivity contribution is -0.123. The van der Waals surface area contributed by atoms with E-state index >= 15 is 0 Å². The summed E-state index contributed by atoms with van der Waals surface area (Å²) in [4.78, 5) is 11.8. The van der Waals surface area contributed by atoms with Crippen LogP contribution in [0.1, 0.15) is 11.6 Å². The maximum atomic E-state index is 11.8. The van der Waals surface area contributed by atoms with Crippen LogP contribution >= 0.6 is 0 Å². The van der Waals surface area contributed by atoms with Crippen LogP contribution in [0.25, 0.3) is 0 Å². The molecule has 0 radical (unpaired) electrons. The van der Waals surface area contributed by atoms with Gasteiger partial charge in [0.25, 0.3) is 0 Å². The van der Waals surface area contributed by atoms with Gasteiger partial charge in [-0.2, -0.15) is 0 Å². The molecule has 4 N–H and O–H groups in total. The molecule has 0 saturated carbocycles. The molecule has 0 heterocycles. The highest BCUT2D eigenvalue weighted by molar-refractivity contribution is 5.83. The molecule has 94 valence electrons. The number of nitrogens with one attached hydrogen (secondary N) is 1. The third-order valence-electron chi connectivity index (χ3n) is 2.38. The van der Waals surface area contributed by atoms with Gasteiger partial charge in [0.15, 0.2) is 0 Å². The fraction of sp³-hybridized carbons (Fsp3) is 0.417. The van der Waals surface area contributed by atoms with E-state index in [0.29, 0.717) is 0 Å². The van der Waals surface area contributed by atoms with E-state index in [2.05, 4.69) is 5.32 Å². The second-order valence-corrected chi connectivity index (χ2v) is 3.73. The standard InChI is InChI=1S/C12H18N2O3/c1-17-8-10(7-15)14-12(16)11(13)9-5-3-2-4-6-9/h2-6,10-11,15H,7-8,13H2,1H3,(H,14,16). The first-order chi connectivity index (χ1) is 8.19. The molecular formula is C12H18N2O3. The molecule has 0 fully saturated rings. The van der Waals surface area contributed by atoms with Crippen LogP contribution in [0, 0.1) is 0 Å². The van der Waals surface area contributed by atoms with Crippen molar-refractivity contribution >= 4 is 5.91 Å². The minimum absolute atomic E-state index is 0.179. The van der Waals surface area contributed by atoms with Crippen LogP contribution in [0.4, 0.5) is 0 Å². The Kier molecular flexibility index (Phi) is 5.62. The van der Waals surface area contributed by atoms with E-state index in [1.165, 1.54) is 7.11 Å². The molecule has 17 heavy (non-hydrogen) atoms. The zero-order valence-corrected chi connectivity index (χ0v) is 9.80. The van der Waals surface area contributed by atoms with Gasteiger partial charge in [0.05, 0.1) is 19.3 Å². The quantitative estimate of drug-likeness (QED) is 0.641. The smallest absolute Gasteiger partial charge is 0.241 e. The number of aliphatic hydroxyl groups is 1. The van der Waals surface area contributed by atoms with Crippen LogP contribution < -0.4 is 11.1 Å². The molecule has 2 unspecified atom stereocenters. The molecule has 0 saturated heterocycles. The van der Waals surface area contributed by atoms with E-state index < -0.39 is 12.1 Å². The van der Waals surface area contributed by atoms with Crippen LogP contribution in [-0.2, 0) is 9.53 Å². The first kappa shape index (κ1) is 13.6. The van der Waals surface area contributed by atoms with Gasteiger partial charge in [0.1, 0.15) is 6.04 Å². The second-order valence-electron chi connectivity index (χ2n) is 3.73. The van der Waals surface area contributed by atoms with E-state index in [1.807, 2.05) is 18.2 Å². The molecule has 0 aromatic heterocycles. The third kappa shape index (κ3) is 4.14. The van der Waals surface area contributed by atoms with Gasteiger partial charge in [-0.3, -0.25) is 4.79 Å². The van der Waals surface area contributed by atoms with Gasteiger partial charge in [-0.15, -0.1) is 0 Å². The van der Waals surface area contributed by atoms with Crippen molar-refractivity contribution in [2.24, 2.45) is 5.73 Å². The minimum Gasteiger partial charge on any atom is -0.394 e. The van der Waals surface area contributed by atoms with Gasteiger partial charge in [-0.1, -0.05) is 30.3 Å². The van der Waals surface area contributed by atoms with Gasteiger partial charge in [-0.25, -0.2) is 0 Å². The van der Waals surface area contributed by atoms with Gasteiger partial charge in [0, 0.05) is 7.11 Å². The number of hydrogen-bond donors (Lipinski definition) is 3. The number of aliphatic hydroxyl groups excluding tert-OH is 1. The summed E-state index contributed by atoms with van der Waals surface area (Å²) >= 11 is 0. The Bertz CT molecular complexity index is 343. The van der Waals surface area contributed by atoms with E-state index in [9.17, 15) is 4.79 Å². The van der Waals surface area contributed by atoms with Gasteiger partial charge < -0.3 is 20.9 Å². The average molecular weight is 238 g/mol. The highest BCUT2D eigenvalue weighted by Crippen LogP contribution is 2.09. The van der Waals surface area contributed by atoms with Crippen molar-refractivity contribution < 1.29 is 14.6 Å². The fourth-order valence-corrected chi connectivity index (χ4v) is 1.44. The van der Waals surface area contributed by atoms with E-state index in [0.717, 1.165) is 5.56 Å². The number of amides is 1. The van der Waals surface area contributed by atoms with E-state index in [1.54, 1.807) is 12.1 Å². The molecule has 0 bridgehead atoms. The number of ether oxygens (including phenoxy) is 1. The zero-order valence-electron chi connectivity index (χ0n) is 9.80. The first-order valence-electron chi connectivity index (χ1n) is 5.39. The largest absolute Gasteiger partial charge is 0.394 e. The molecule has 0 aliphatic heterocycles. The molecule has 1 rings (SSSR count). The summed E-state index contributed by atoms with van der Waals surface area (Å²) in [6, 6.07) is 7.91. The van der Waals surface area contributed by atoms with Crippen molar-refractivity contribution in [2.45, 2.75) is 12.1 Å². The van der Waals surface area contributed by atoms with E-state index in [4.69, 9.17) is 15.6 Å². The van der Waals surface area contributed by atoms with Crippen molar-refractivity contribution in [3.8, 4) is 0 Å².